The molecule has 18 heavy (non-hydrogen) atoms. The number of nitrogens with zero attached hydrogens (tertiary/aromatic N) is 1. The van der Waals surface area contributed by atoms with Crippen molar-refractivity contribution < 1.29 is 9.53 Å². The van der Waals surface area contributed by atoms with Crippen molar-refractivity contribution in [1.29, 1.82) is 0 Å². The number of hydrogen-bond acceptors (Lipinski definition) is 3. The molecule has 1 atom stereocenters. The van der Waals surface area contributed by atoms with Crippen LogP contribution in [0.5, 0.6) is 0 Å². The van der Waals surface area contributed by atoms with E-state index in [2.05, 4.69) is 12.6 Å². The Hall–Kier alpha value is -1.16. The molecule has 0 bridgehead atoms. The molecule has 0 aromatic heterocycles. The number of hydrogen-bond donors (Lipinski definition) is 1. The van der Waals surface area contributed by atoms with Crippen LogP contribution in [0, 0.1) is 5.92 Å². The molecule has 0 unspecified atom stereocenters. The predicted octanol–water partition coefficient (Wildman–Crippen LogP) is 2.97. The molecule has 3 nitrogen and oxygen atoms in total. The molecule has 1 aromatic carbocycles. The summed E-state index contributed by atoms with van der Waals surface area (Å²) in [4.78, 5) is 13.7. The van der Waals surface area contributed by atoms with Gasteiger partial charge in [0.25, 0.3) is 0 Å². The summed E-state index contributed by atoms with van der Waals surface area (Å²) in [5.74, 6) is 1.34. The molecule has 98 valence electrons. The van der Waals surface area contributed by atoms with Crippen LogP contribution in [0.15, 0.2) is 30.3 Å². The number of rotatable bonds is 3. The van der Waals surface area contributed by atoms with Crippen molar-refractivity contribution >= 4 is 18.7 Å². The van der Waals surface area contributed by atoms with Crippen molar-refractivity contribution in [3.05, 3.63) is 35.9 Å². The van der Waals surface area contributed by atoms with E-state index in [0.29, 0.717) is 12.5 Å². The van der Waals surface area contributed by atoms with E-state index in [1.165, 1.54) is 0 Å². The van der Waals surface area contributed by atoms with E-state index in [1.807, 2.05) is 30.3 Å². The second-order valence-corrected chi connectivity index (χ2v) is 5.04. The maximum atomic E-state index is 11.9. The highest BCUT2D eigenvalue weighted by atomic mass is 32.1. The topological polar surface area (TPSA) is 29.5 Å². The van der Waals surface area contributed by atoms with Crippen LogP contribution in [0.1, 0.15) is 18.4 Å². The van der Waals surface area contributed by atoms with Gasteiger partial charge < -0.3 is 9.64 Å². The van der Waals surface area contributed by atoms with Gasteiger partial charge in [0.15, 0.2) is 0 Å². The first-order chi connectivity index (χ1) is 8.79. The minimum absolute atomic E-state index is 0.203. The summed E-state index contributed by atoms with van der Waals surface area (Å²) in [6, 6.07) is 9.76. The van der Waals surface area contributed by atoms with Gasteiger partial charge in [0.05, 0.1) is 0 Å². The first kappa shape index (κ1) is 13.3. The average Bonchev–Trinajstić information content (AvgIpc) is 2.46. The van der Waals surface area contributed by atoms with Crippen molar-refractivity contribution in [2.45, 2.75) is 19.4 Å². The lowest BCUT2D eigenvalue weighted by Crippen LogP contribution is -2.40. The predicted molar refractivity (Wildman–Crippen MR) is 74.8 cm³/mol. The lowest BCUT2D eigenvalue weighted by molar-refractivity contribution is 0.0815. The lowest BCUT2D eigenvalue weighted by Gasteiger charge is -2.31. The SMILES string of the molecule is O=C(OCc1ccccc1)N1CCC[C@H](CS)C1. The zero-order chi connectivity index (χ0) is 12.8. The Labute approximate surface area is 114 Å². The molecule has 1 fully saturated rings. The maximum absolute atomic E-state index is 11.9. The number of carbonyl (C=O) groups excluding carboxylic acids is 1. The largest absolute Gasteiger partial charge is 0.445 e. The number of amides is 1. The highest BCUT2D eigenvalue weighted by Gasteiger charge is 2.23. The third-order valence-corrected chi connectivity index (χ3v) is 3.76. The second-order valence-electron chi connectivity index (χ2n) is 4.68. The van der Waals surface area contributed by atoms with Gasteiger partial charge in [-0.15, -0.1) is 0 Å². The van der Waals surface area contributed by atoms with Crippen LogP contribution >= 0.6 is 12.6 Å². The van der Waals surface area contributed by atoms with Crippen LogP contribution in [0.2, 0.25) is 0 Å². The number of likely N-dealkylation sites (tertiary alicyclic amines) is 1. The van der Waals surface area contributed by atoms with Gasteiger partial charge in [-0.05, 0) is 30.1 Å². The standard InChI is InChI=1S/C14H19NO2S/c16-14(15-8-4-7-13(9-15)11-18)17-10-12-5-2-1-3-6-12/h1-3,5-6,13,18H,4,7-11H2/t13-/m0/s1. The monoisotopic (exact) mass is 265 g/mol. The molecule has 0 spiro atoms. The molecule has 0 aliphatic carbocycles. The van der Waals surface area contributed by atoms with Crippen LogP contribution in [0.3, 0.4) is 0 Å². The molecule has 0 radical (unpaired) electrons. The molecule has 0 saturated carbocycles. The highest BCUT2D eigenvalue weighted by molar-refractivity contribution is 7.80. The van der Waals surface area contributed by atoms with E-state index in [4.69, 9.17) is 4.74 Å². The van der Waals surface area contributed by atoms with Gasteiger partial charge in [-0.3, -0.25) is 0 Å². The van der Waals surface area contributed by atoms with E-state index in [9.17, 15) is 4.79 Å². The van der Waals surface area contributed by atoms with Crippen LogP contribution in [-0.4, -0.2) is 29.8 Å². The molecule has 1 aliphatic rings. The van der Waals surface area contributed by atoms with Crippen LogP contribution in [0.25, 0.3) is 0 Å². The van der Waals surface area contributed by atoms with Crippen molar-refractivity contribution in [1.82, 2.24) is 4.90 Å². The summed E-state index contributed by atoms with van der Waals surface area (Å²) in [5, 5.41) is 0. The Kier molecular flexibility index (Phi) is 4.93. The fourth-order valence-electron chi connectivity index (χ4n) is 2.19. The Bertz CT molecular complexity index is 383. The number of piperidine rings is 1. The fourth-order valence-corrected chi connectivity index (χ4v) is 2.49. The van der Waals surface area contributed by atoms with E-state index >= 15 is 0 Å². The zero-order valence-corrected chi connectivity index (χ0v) is 11.3. The molecule has 2 rings (SSSR count). The second kappa shape index (κ2) is 6.69. The Morgan fingerprint density at radius 3 is 2.89 bits per heavy atom. The number of benzene rings is 1. The van der Waals surface area contributed by atoms with Gasteiger partial charge in [0, 0.05) is 13.1 Å². The van der Waals surface area contributed by atoms with E-state index < -0.39 is 0 Å². The first-order valence-electron chi connectivity index (χ1n) is 6.36. The average molecular weight is 265 g/mol. The summed E-state index contributed by atoms with van der Waals surface area (Å²) in [6.07, 6.45) is 2.00. The molecule has 1 aliphatic heterocycles. The Balaban J connectivity index is 1.81. The number of thiol groups is 1. The molecule has 1 amide bonds. The molecule has 1 saturated heterocycles. The van der Waals surface area contributed by atoms with Gasteiger partial charge in [-0.2, -0.15) is 12.6 Å². The maximum Gasteiger partial charge on any atom is 0.410 e. The van der Waals surface area contributed by atoms with Gasteiger partial charge in [0.1, 0.15) is 6.61 Å². The number of ether oxygens (including phenoxy) is 1. The van der Waals surface area contributed by atoms with Crippen LogP contribution < -0.4 is 0 Å². The molecular formula is C14H19NO2S. The summed E-state index contributed by atoms with van der Waals surface area (Å²) >= 11 is 4.30. The third-order valence-electron chi connectivity index (χ3n) is 3.24. The number of carbonyl (C=O) groups is 1. The Morgan fingerprint density at radius 2 is 2.17 bits per heavy atom. The summed E-state index contributed by atoms with van der Waals surface area (Å²) in [5.41, 5.74) is 1.02. The minimum atomic E-state index is -0.203. The molecular weight excluding hydrogens is 246 g/mol. The van der Waals surface area contributed by atoms with Crippen molar-refractivity contribution in [3.63, 3.8) is 0 Å². The molecule has 4 heteroatoms. The lowest BCUT2D eigenvalue weighted by atomic mass is 10.0. The van der Waals surface area contributed by atoms with Gasteiger partial charge in [-0.1, -0.05) is 30.3 Å². The third kappa shape index (κ3) is 3.67. The fraction of sp³-hybridized carbons (Fsp3) is 0.500. The van der Waals surface area contributed by atoms with Crippen LogP contribution in [-0.2, 0) is 11.3 Å². The van der Waals surface area contributed by atoms with Crippen molar-refractivity contribution in [3.8, 4) is 0 Å². The summed E-state index contributed by atoms with van der Waals surface area (Å²) < 4.78 is 5.32. The molecule has 1 heterocycles. The minimum Gasteiger partial charge on any atom is -0.445 e. The summed E-state index contributed by atoms with van der Waals surface area (Å²) in [6.45, 7) is 1.93. The van der Waals surface area contributed by atoms with E-state index in [1.54, 1.807) is 4.90 Å². The molecule has 0 N–H and O–H groups in total. The van der Waals surface area contributed by atoms with E-state index in [-0.39, 0.29) is 6.09 Å². The van der Waals surface area contributed by atoms with E-state index in [0.717, 1.165) is 37.2 Å². The normalized spacial score (nSPS) is 19.6. The van der Waals surface area contributed by atoms with Gasteiger partial charge in [-0.25, -0.2) is 4.79 Å². The summed E-state index contributed by atoms with van der Waals surface area (Å²) in [7, 11) is 0. The molecule has 1 aromatic rings. The van der Waals surface area contributed by atoms with Crippen molar-refractivity contribution in [2.75, 3.05) is 18.8 Å². The Morgan fingerprint density at radius 1 is 1.39 bits per heavy atom. The van der Waals surface area contributed by atoms with Crippen molar-refractivity contribution in [2.24, 2.45) is 5.92 Å². The quantitative estimate of drug-likeness (QED) is 0.851. The van der Waals surface area contributed by atoms with Gasteiger partial charge >= 0.3 is 6.09 Å². The zero-order valence-electron chi connectivity index (χ0n) is 10.4. The van der Waals surface area contributed by atoms with Gasteiger partial charge in [0.2, 0.25) is 0 Å². The highest BCUT2D eigenvalue weighted by Crippen LogP contribution is 2.18. The van der Waals surface area contributed by atoms with Crippen LogP contribution in [0.4, 0.5) is 4.79 Å². The smallest absolute Gasteiger partial charge is 0.410 e. The first-order valence-corrected chi connectivity index (χ1v) is 6.99.